The number of carbonyl (C=O) groups is 4. The maximum Gasteiger partial charge on any atom is 0.266 e. The first-order valence-electron chi connectivity index (χ1n) is 28.7. The van der Waals surface area contributed by atoms with E-state index in [9.17, 15) is 10.0 Å². The van der Waals surface area contributed by atoms with Crippen molar-refractivity contribution in [2.24, 2.45) is 0 Å². The van der Waals surface area contributed by atoms with E-state index in [1.165, 1.54) is 4.90 Å². The molecule has 0 saturated carbocycles. The van der Waals surface area contributed by atoms with E-state index >= 15 is 14.4 Å². The SMILES string of the molecule is CCCCCCCCN1C(=O)c2ccc3c4c(Oc5cc(C(C)(C)C)cc(C(C)(C)C)c5)cc5c6c(ccc(c7c(Oc8cc(C(C)(C)C)cc(C(C)(C)C)c8)cc(c2c37)C1=O)c64)C(=O)N(c1cccc(N([O])C(C)(C)C)c1)C5=O. The molecule has 0 fully saturated rings. The summed E-state index contributed by atoms with van der Waals surface area (Å²) in [5.74, 6) is 0.0405. The molecule has 2 aliphatic rings. The molecule has 0 aromatic heterocycles. The summed E-state index contributed by atoms with van der Waals surface area (Å²) in [6.45, 7) is 33.9. The van der Waals surface area contributed by atoms with Gasteiger partial charge >= 0.3 is 0 Å². The summed E-state index contributed by atoms with van der Waals surface area (Å²) >= 11 is 0. The van der Waals surface area contributed by atoms with Crippen LogP contribution in [0.15, 0.2) is 97.1 Å². The van der Waals surface area contributed by atoms with E-state index in [0.29, 0.717) is 89.3 Å². The maximum absolute atomic E-state index is 15.6. The molecule has 0 saturated heterocycles. The Bertz CT molecular complexity index is 3790. The van der Waals surface area contributed by atoms with Crippen LogP contribution in [0.4, 0.5) is 11.4 Å². The summed E-state index contributed by atoms with van der Waals surface area (Å²) in [7, 11) is 0. The molecular formula is C70H78N3O7. The van der Waals surface area contributed by atoms with Crippen LogP contribution in [0.5, 0.6) is 23.0 Å². The molecular weight excluding hydrogens is 995 g/mol. The standard InChI is InChI=1S/C70H78N3O7/c1-17-18-19-20-21-22-30-71-62(74)50-28-26-48-59-55(80-47-35-42(68(8,9)10)32-43(36-47)69(11,12)13)39-53-57-51(64(76)72(65(53)77)44-24-23-25-45(37-44)73(78)70(14,15)16)29-27-49(61(57)59)58-54(38-52(63(71)75)56(50)60(48)58)79-46-33-40(66(2,3)4)31-41(34-46)67(5,6)7/h23-29,31-39H,17-22,30H2,1-16H3. The van der Waals surface area contributed by atoms with Crippen molar-refractivity contribution in [1.82, 2.24) is 4.90 Å². The van der Waals surface area contributed by atoms with Crippen molar-refractivity contribution in [3.8, 4) is 23.0 Å². The van der Waals surface area contributed by atoms with Gasteiger partial charge in [-0.05, 0) is 149 Å². The first-order chi connectivity index (χ1) is 37.4. The van der Waals surface area contributed by atoms with E-state index in [4.69, 9.17) is 9.47 Å². The first kappa shape index (κ1) is 56.0. The summed E-state index contributed by atoms with van der Waals surface area (Å²) < 4.78 is 14.6. The van der Waals surface area contributed by atoms with E-state index in [2.05, 4.69) is 114 Å². The molecule has 10 nitrogen and oxygen atoms in total. The van der Waals surface area contributed by atoms with Crippen LogP contribution in [0.25, 0.3) is 43.1 Å². The summed E-state index contributed by atoms with van der Waals surface area (Å²) in [5.41, 5.74) is 4.35. The Morgan fingerprint density at radius 3 is 1.29 bits per heavy atom. The van der Waals surface area contributed by atoms with Gasteiger partial charge in [-0.15, -0.1) is 0 Å². The van der Waals surface area contributed by atoms with Gasteiger partial charge in [0, 0.05) is 50.0 Å². The van der Waals surface area contributed by atoms with Gasteiger partial charge in [0.15, 0.2) is 0 Å². The van der Waals surface area contributed by atoms with Gasteiger partial charge in [-0.25, -0.2) is 9.96 Å². The number of ether oxygens (including phenoxy) is 2. The predicted octanol–water partition coefficient (Wildman–Crippen LogP) is 18.2. The van der Waals surface area contributed by atoms with Crippen molar-refractivity contribution in [1.29, 1.82) is 0 Å². The molecule has 0 bridgehead atoms. The lowest BCUT2D eigenvalue weighted by Gasteiger charge is -2.32. The zero-order valence-electron chi connectivity index (χ0n) is 49.9. The smallest absolute Gasteiger partial charge is 0.266 e. The first-order valence-corrected chi connectivity index (χ1v) is 28.7. The van der Waals surface area contributed by atoms with Crippen LogP contribution in [0.2, 0.25) is 0 Å². The van der Waals surface area contributed by atoms with Crippen LogP contribution in [0.3, 0.4) is 0 Å². The summed E-state index contributed by atoms with van der Waals surface area (Å²) in [6, 6.07) is 30.3. The fourth-order valence-electron chi connectivity index (χ4n) is 11.5. The van der Waals surface area contributed by atoms with Crippen molar-refractivity contribution in [3.05, 3.63) is 142 Å². The molecule has 0 aliphatic carbocycles. The molecule has 0 spiro atoms. The molecule has 415 valence electrons. The van der Waals surface area contributed by atoms with Crippen molar-refractivity contribution in [3.63, 3.8) is 0 Å². The molecule has 8 aromatic carbocycles. The number of hydroxylamine groups is 1. The Kier molecular flexibility index (Phi) is 13.8. The number of imide groups is 2. The lowest BCUT2D eigenvalue weighted by Crippen LogP contribution is -2.41. The van der Waals surface area contributed by atoms with Gasteiger partial charge in [-0.1, -0.05) is 158 Å². The molecule has 4 amide bonds. The lowest BCUT2D eigenvalue weighted by molar-refractivity contribution is 0.0606. The number of nitrogens with zero attached hydrogens (tertiary/aromatic N) is 3. The summed E-state index contributed by atoms with van der Waals surface area (Å²) in [6.07, 6.45) is 6.00. The van der Waals surface area contributed by atoms with Crippen LogP contribution >= 0.6 is 0 Å². The normalized spacial score (nSPS) is 14.5. The molecule has 0 N–H and O–H groups in total. The van der Waals surface area contributed by atoms with Crippen molar-refractivity contribution in [2.45, 2.75) is 177 Å². The van der Waals surface area contributed by atoms with Crippen molar-refractivity contribution in [2.75, 3.05) is 16.5 Å². The molecule has 0 unspecified atom stereocenters. The number of amides is 4. The topological polar surface area (TPSA) is 116 Å². The van der Waals surface area contributed by atoms with Gasteiger partial charge < -0.3 is 9.47 Å². The van der Waals surface area contributed by atoms with Crippen LogP contribution in [-0.4, -0.2) is 40.6 Å². The van der Waals surface area contributed by atoms with E-state index < -0.39 is 17.4 Å². The van der Waals surface area contributed by atoms with E-state index in [-0.39, 0.29) is 56.8 Å². The molecule has 1 radical (unpaired) electrons. The number of hydrogen-bond acceptors (Lipinski definition) is 7. The van der Waals surface area contributed by atoms with Crippen LogP contribution in [0, 0.1) is 0 Å². The Morgan fingerprint density at radius 1 is 0.425 bits per heavy atom. The summed E-state index contributed by atoms with van der Waals surface area (Å²) in [5, 5.41) is 19.3. The maximum atomic E-state index is 15.6. The second-order valence-corrected chi connectivity index (χ2v) is 27.6. The molecule has 2 aliphatic heterocycles. The lowest BCUT2D eigenvalue weighted by atomic mass is 9.80. The molecule has 10 rings (SSSR count). The second-order valence-electron chi connectivity index (χ2n) is 27.6. The minimum absolute atomic E-state index is 0.235. The number of hydrogen-bond donors (Lipinski definition) is 0. The molecule has 8 aromatic rings. The Balaban J connectivity index is 1.30. The fourth-order valence-corrected chi connectivity index (χ4v) is 11.5. The van der Waals surface area contributed by atoms with Gasteiger partial charge in [0.05, 0.1) is 28.0 Å². The highest BCUT2D eigenvalue weighted by molar-refractivity contribution is 6.45. The zero-order chi connectivity index (χ0) is 57.9. The van der Waals surface area contributed by atoms with Gasteiger partial charge in [-0.3, -0.25) is 24.1 Å². The molecule has 0 atom stereocenters. The van der Waals surface area contributed by atoms with Crippen LogP contribution < -0.4 is 19.4 Å². The molecule has 10 heteroatoms. The number of fused-ring (bicyclic) bond motifs is 2. The van der Waals surface area contributed by atoms with E-state index in [1.54, 1.807) is 63.2 Å². The highest BCUT2D eigenvalue weighted by atomic mass is 16.5. The number of benzene rings is 8. The monoisotopic (exact) mass is 1070 g/mol. The number of anilines is 2. The molecule has 80 heavy (non-hydrogen) atoms. The number of rotatable bonds is 13. The van der Waals surface area contributed by atoms with Crippen molar-refractivity contribution < 1.29 is 33.9 Å². The van der Waals surface area contributed by atoms with Crippen LogP contribution in [-0.2, 0) is 26.9 Å². The predicted molar refractivity (Wildman–Crippen MR) is 325 cm³/mol. The largest absolute Gasteiger partial charge is 0.457 e. The summed E-state index contributed by atoms with van der Waals surface area (Å²) in [4.78, 5) is 63.6. The number of carbonyl (C=O) groups excluding carboxylic acids is 4. The minimum atomic E-state index is -0.795. The molecule has 2 heterocycles. The van der Waals surface area contributed by atoms with Crippen molar-refractivity contribution >= 4 is 78.1 Å². The van der Waals surface area contributed by atoms with Gasteiger partial charge in [0.1, 0.15) is 23.0 Å². The minimum Gasteiger partial charge on any atom is -0.457 e. The fraction of sp³-hybridized carbons (Fsp3) is 0.400. The highest BCUT2D eigenvalue weighted by Gasteiger charge is 2.40. The quantitative estimate of drug-likeness (QED) is 0.0371. The van der Waals surface area contributed by atoms with E-state index in [1.807, 2.05) is 30.3 Å². The van der Waals surface area contributed by atoms with E-state index in [0.717, 1.165) is 64.3 Å². The third-order valence-electron chi connectivity index (χ3n) is 16.2. The third kappa shape index (κ3) is 9.85. The van der Waals surface area contributed by atoms with Gasteiger partial charge in [0.25, 0.3) is 23.6 Å². The van der Waals surface area contributed by atoms with Gasteiger partial charge in [0.2, 0.25) is 0 Å². The number of unbranched alkanes of at least 4 members (excludes halogenated alkanes) is 5. The Labute approximate surface area is 472 Å². The second kappa shape index (κ2) is 19.8. The third-order valence-corrected chi connectivity index (χ3v) is 16.2. The Morgan fingerprint density at radius 2 is 0.838 bits per heavy atom. The average Bonchev–Trinajstić information content (AvgIpc) is 3.56. The highest BCUT2D eigenvalue weighted by Crippen LogP contribution is 2.54. The Hall–Kier alpha value is -7.30. The van der Waals surface area contributed by atoms with Crippen LogP contribution in [0.1, 0.15) is 213 Å². The average molecular weight is 1070 g/mol. The van der Waals surface area contributed by atoms with Gasteiger partial charge in [-0.2, -0.15) is 0 Å². The zero-order valence-corrected chi connectivity index (χ0v) is 49.9.